The van der Waals surface area contributed by atoms with Crippen molar-refractivity contribution in [2.45, 2.75) is 32.2 Å². The number of H-pyrrole nitrogens is 1. The average molecular weight is 270 g/mol. The molecule has 6 nitrogen and oxygen atoms in total. The number of alkyl halides is 1. The van der Waals surface area contributed by atoms with Crippen molar-refractivity contribution in [3.05, 3.63) is 22.9 Å². The van der Waals surface area contributed by atoms with Crippen LogP contribution in [0.2, 0.25) is 0 Å². The van der Waals surface area contributed by atoms with E-state index in [2.05, 4.69) is 34.3 Å². The highest BCUT2D eigenvalue weighted by molar-refractivity contribution is 6.17. The van der Waals surface area contributed by atoms with Gasteiger partial charge in [0.2, 0.25) is 0 Å². The Kier molecular flexibility index (Phi) is 3.56. The molecule has 0 saturated carbocycles. The van der Waals surface area contributed by atoms with Gasteiger partial charge in [-0.2, -0.15) is 5.10 Å². The molecular weight excluding hydrogens is 254 g/mol. The monoisotopic (exact) mass is 269 g/mol. The third-order valence-electron chi connectivity index (χ3n) is 3.17. The molecule has 2 aromatic heterocycles. The maximum absolute atomic E-state index is 11.3. The summed E-state index contributed by atoms with van der Waals surface area (Å²) in [6.07, 6.45) is 3.23. The van der Waals surface area contributed by atoms with Crippen molar-refractivity contribution < 1.29 is 0 Å². The molecule has 7 heteroatoms. The van der Waals surface area contributed by atoms with E-state index < -0.39 is 0 Å². The molecule has 0 spiro atoms. The van der Waals surface area contributed by atoms with Crippen molar-refractivity contribution >= 4 is 23.1 Å². The molecule has 2 heterocycles. The first kappa shape index (κ1) is 12.9. The molecule has 98 valence electrons. The quantitative estimate of drug-likeness (QED) is 0.809. The number of rotatable bonds is 5. The van der Waals surface area contributed by atoms with Gasteiger partial charge in [-0.05, 0) is 19.8 Å². The Bertz CT molecular complexity index is 592. The van der Waals surface area contributed by atoms with Crippen molar-refractivity contribution in [1.82, 2.24) is 19.6 Å². The number of nitrogens with one attached hydrogen (secondary N) is 2. The fraction of sp³-hybridized carbons (Fsp3) is 0.545. The first-order valence-electron chi connectivity index (χ1n) is 5.85. The highest BCUT2D eigenvalue weighted by atomic mass is 35.5. The zero-order valence-electron chi connectivity index (χ0n) is 10.4. The van der Waals surface area contributed by atoms with Gasteiger partial charge < -0.3 is 5.32 Å². The number of aromatic nitrogens is 4. The van der Waals surface area contributed by atoms with Gasteiger partial charge in [-0.15, -0.1) is 11.6 Å². The van der Waals surface area contributed by atoms with E-state index in [1.54, 1.807) is 6.07 Å². The van der Waals surface area contributed by atoms with E-state index in [9.17, 15) is 4.79 Å². The number of fused-ring (bicyclic) bond motifs is 1. The Labute approximate surface area is 109 Å². The minimum Gasteiger partial charge on any atom is -0.365 e. The SMILES string of the molecule is CCC(C)(CCCl)Nc1cc2n[nH]c(=O)n2cn1. The molecular formula is C11H16ClN5O. The lowest BCUT2D eigenvalue weighted by molar-refractivity contribution is 0.479. The van der Waals surface area contributed by atoms with Gasteiger partial charge in [-0.3, -0.25) is 0 Å². The van der Waals surface area contributed by atoms with Gasteiger partial charge in [-0.1, -0.05) is 6.92 Å². The van der Waals surface area contributed by atoms with Crippen LogP contribution in [-0.4, -0.2) is 31.0 Å². The lowest BCUT2D eigenvalue weighted by atomic mass is 9.95. The summed E-state index contributed by atoms with van der Waals surface area (Å²) in [7, 11) is 0. The van der Waals surface area contributed by atoms with Crippen molar-refractivity contribution in [2.75, 3.05) is 11.2 Å². The van der Waals surface area contributed by atoms with Crippen LogP contribution in [0.4, 0.5) is 5.82 Å². The number of nitrogens with zero attached hydrogens (tertiary/aromatic N) is 3. The molecule has 18 heavy (non-hydrogen) atoms. The average Bonchev–Trinajstić information content (AvgIpc) is 2.71. The Hall–Kier alpha value is -1.56. The van der Waals surface area contributed by atoms with Crippen LogP contribution in [0, 0.1) is 0 Å². The Morgan fingerprint density at radius 2 is 2.39 bits per heavy atom. The van der Waals surface area contributed by atoms with Crippen LogP contribution in [0.15, 0.2) is 17.2 Å². The highest BCUT2D eigenvalue weighted by Gasteiger charge is 2.21. The fourth-order valence-electron chi connectivity index (χ4n) is 1.72. The smallest absolute Gasteiger partial charge is 0.348 e. The molecule has 1 unspecified atom stereocenters. The summed E-state index contributed by atoms with van der Waals surface area (Å²) in [5, 5.41) is 9.62. The van der Waals surface area contributed by atoms with Crippen LogP contribution in [0.5, 0.6) is 0 Å². The second kappa shape index (κ2) is 4.97. The molecule has 0 aliphatic carbocycles. The molecule has 0 radical (unpaired) electrons. The van der Waals surface area contributed by atoms with Gasteiger partial charge in [0, 0.05) is 17.5 Å². The van der Waals surface area contributed by atoms with E-state index in [0.29, 0.717) is 17.3 Å². The van der Waals surface area contributed by atoms with Crippen molar-refractivity contribution in [3.63, 3.8) is 0 Å². The summed E-state index contributed by atoms with van der Waals surface area (Å²) < 4.78 is 1.36. The van der Waals surface area contributed by atoms with Crippen molar-refractivity contribution in [1.29, 1.82) is 0 Å². The molecule has 2 aromatic rings. The molecule has 2 N–H and O–H groups in total. The van der Waals surface area contributed by atoms with Crippen LogP contribution < -0.4 is 11.0 Å². The molecule has 1 atom stereocenters. The van der Waals surface area contributed by atoms with Gasteiger partial charge in [0.25, 0.3) is 0 Å². The molecule has 0 fully saturated rings. The minimum absolute atomic E-state index is 0.107. The van der Waals surface area contributed by atoms with E-state index in [4.69, 9.17) is 11.6 Å². The zero-order valence-corrected chi connectivity index (χ0v) is 11.2. The highest BCUT2D eigenvalue weighted by Crippen LogP contribution is 2.21. The summed E-state index contributed by atoms with van der Waals surface area (Å²) in [6.45, 7) is 4.19. The standard InChI is InChI=1S/C11H16ClN5O/c1-3-11(2,4-5-12)14-8-6-9-15-16-10(18)17(9)7-13-8/h6-7,14H,3-5H2,1-2H3,(H,16,18). The molecule has 0 amide bonds. The maximum Gasteiger partial charge on any atom is 0.348 e. The molecule has 0 aliphatic rings. The van der Waals surface area contributed by atoms with Crippen LogP contribution >= 0.6 is 11.6 Å². The number of hydrogen-bond donors (Lipinski definition) is 2. The predicted octanol–water partition coefficient (Wildman–Crippen LogP) is 1.63. The van der Waals surface area contributed by atoms with Gasteiger partial charge in [0.15, 0.2) is 5.65 Å². The third-order valence-corrected chi connectivity index (χ3v) is 3.36. The second-order valence-electron chi connectivity index (χ2n) is 4.51. The van der Waals surface area contributed by atoms with E-state index >= 15 is 0 Å². The third kappa shape index (κ3) is 2.48. The van der Waals surface area contributed by atoms with Crippen molar-refractivity contribution in [2.24, 2.45) is 0 Å². The fourth-order valence-corrected chi connectivity index (χ4v) is 2.14. The predicted molar refractivity (Wildman–Crippen MR) is 71.3 cm³/mol. The van der Waals surface area contributed by atoms with Gasteiger partial charge in [0.05, 0.1) is 0 Å². The summed E-state index contributed by atoms with van der Waals surface area (Å²) in [5.41, 5.74) is 0.147. The maximum atomic E-state index is 11.3. The Morgan fingerprint density at radius 3 is 3.06 bits per heavy atom. The van der Waals surface area contributed by atoms with E-state index in [-0.39, 0.29) is 11.2 Å². The summed E-state index contributed by atoms with van der Waals surface area (Å²) >= 11 is 5.81. The minimum atomic E-state index is -0.289. The van der Waals surface area contributed by atoms with Gasteiger partial charge in [0.1, 0.15) is 12.1 Å². The number of hydrogen-bond acceptors (Lipinski definition) is 4. The van der Waals surface area contributed by atoms with Crippen LogP contribution in [0.3, 0.4) is 0 Å². The van der Waals surface area contributed by atoms with Crippen LogP contribution in [-0.2, 0) is 0 Å². The summed E-state index contributed by atoms with van der Waals surface area (Å²) in [6, 6.07) is 1.74. The van der Waals surface area contributed by atoms with E-state index in [1.807, 2.05) is 0 Å². The van der Waals surface area contributed by atoms with E-state index in [0.717, 1.165) is 12.8 Å². The number of halogens is 1. The van der Waals surface area contributed by atoms with Gasteiger partial charge >= 0.3 is 5.69 Å². The topological polar surface area (TPSA) is 75.1 Å². The van der Waals surface area contributed by atoms with Gasteiger partial charge in [-0.25, -0.2) is 19.3 Å². The Balaban J connectivity index is 2.28. The zero-order chi connectivity index (χ0) is 13.2. The first-order chi connectivity index (χ1) is 8.58. The largest absolute Gasteiger partial charge is 0.365 e. The lowest BCUT2D eigenvalue weighted by Crippen LogP contribution is -2.34. The molecule has 0 bridgehead atoms. The molecule has 0 saturated heterocycles. The first-order valence-corrected chi connectivity index (χ1v) is 6.38. The molecule has 0 aromatic carbocycles. The summed E-state index contributed by atoms with van der Waals surface area (Å²) in [5.74, 6) is 1.28. The lowest BCUT2D eigenvalue weighted by Gasteiger charge is -2.29. The Morgan fingerprint density at radius 1 is 1.61 bits per heavy atom. The van der Waals surface area contributed by atoms with Crippen molar-refractivity contribution in [3.8, 4) is 0 Å². The normalized spacial score (nSPS) is 14.6. The number of anilines is 1. The number of aromatic amines is 1. The van der Waals surface area contributed by atoms with E-state index in [1.165, 1.54) is 10.7 Å². The molecule has 2 rings (SSSR count). The van der Waals surface area contributed by atoms with Crippen LogP contribution in [0.25, 0.3) is 5.65 Å². The van der Waals surface area contributed by atoms with Crippen LogP contribution in [0.1, 0.15) is 26.7 Å². The summed E-state index contributed by atoms with van der Waals surface area (Å²) in [4.78, 5) is 15.5. The molecule has 0 aliphatic heterocycles. The second-order valence-corrected chi connectivity index (χ2v) is 4.89.